The maximum Gasteiger partial charge on any atom is 0.331 e. The summed E-state index contributed by atoms with van der Waals surface area (Å²) in [4.78, 5) is 38.0. The minimum Gasteiger partial charge on any atom is -0.458 e. The van der Waals surface area contributed by atoms with Crippen molar-refractivity contribution >= 4 is 45.6 Å². The van der Waals surface area contributed by atoms with Crippen LogP contribution in [0.15, 0.2) is 69.8 Å². The summed E-state index contributed by atoms with van der Waals surface area (Å²) in [5.41, 5.74) is 1.29. The van der Waals surface area contributed by atoms with Crippen molar-refractivity contribution in [2.45, 2.75) is 82.0 Å². The number of nitrogens with one attached hydrogen (secondary N) is 2. The topological polar surface area (TPSA) is 158 Å². The van der Waals surface area contributed by atoms with Crippen molar-refractivity contribution in [2.24, 2.45) is 33.7 Å². The molecule has 48 heavy (non-hydrogen) atoms. The van der Waals surface area contributed by atoms with Crippen LogP contribution in [0, 0.1) is 28.6 Å². The molecule has 7 rings (SSSR count). The van der Waals surface area contributed by atoms with Gasteiger partial charge >= 0.3 is 5.97 Å². The normalized spacial score (nSPS) is 37.2. The van der Waals surface area contributed by atoms with Crippen molar-refractivity contribution in [2.75, 3.05) is 11.9 Å². The number of fused-ring (bicyclic) bond motifs is 5. The van der Waals surface area contributed by atoms with Gasteiger partial charge in [-0.25, -0.2) is 10.2 Å². The first-order chi connectivity index (χ1) is 22.9. The first-order valence-corrected chi connectivity index (χ1v) is 17.7. The second-order valence-corrected chi connectivity index (χ2v) is 15.7. The maximum atomic E-state index is 13.3. The zero-order chi connectivity index (χ0) is 33.9. The van der Waals surface area contributed by atoms with Crippen molar-refractivity contribution in [3.8, 4) is 0 Å². The number of aliphatic hydroxyl groups is 3. The summed E-state index contributed by atoms with van der Waals surface area (Å²) in [7, 11) is 0. The molecule has 254 valence electrons. The van der Waals surface area contributed by atoms with Crippen LogP contribution in [0.3, 0.4) is 0 Å². The van der Waals surface area contributed by atoms with E-state index >= 15 is 0 Å². The van der Waals surface area contributed by atoms with Crippen LogP contribution in [0.4, 0.5) is 5.69 Å². The zero-order valence-electron chi connectivity index (χ0n) is 27.0. The molecule has 1 heterocycles. The van der Waals surface area contributed by atoms with Crippen molar-refractivity contribution in [3.63, 3.8) is 0 Å². The molecular formula is C37H42BrN3O7. The first kappa shape index (κ1) is 33.1. The predicted octanol–water partition coefficient (Wildman–Crippen LogP) is 5.13. The van der Waals surface area contributed by atoms with Crippen LogP contribution >= 0.6 is 15.9 Å². The number of carbonyl (C=O) groups excluding carboxylic acids is 3. The van der Waals surface area contributed by atoms with Crippen LogP contribution < -0.4 is 10.7 Å². The van der Waals surface area contributed by atoms with Crippen LogP contribution in [0.1, 0.15) is 85.4 Å². The number of aliphatic hydroxyl groups excluding tert-OH is 1. The summed E-state index contributed by atoms with van der Waals surface area (Å²) in [6, 6.07) is 13.6. The highest BCUT2D eigenvalue weighted by atomic mass is 79.9. The van der Waals surface area contributed by atoms with Crippen molar-refractivity contribution < 1.29 is 34.4 Å². The molecule has 11 heteroatoms. The Balaban J connectivity index is 1.12. The number of cyclic esters (lactones) is 1. The van der Waals surface area contributed by atoms with Gasteiger partial charge in [0.1, 0.15) is 6.61 Å². The Morgan fingerprint density at radius 3 is 2.46 bits per heavy atom. The summed E-state index contributed by atoms with van der Waals surface area (Å²) in [6.45, 7) is 2.42. The minimum absolute atomic E-state index is 0.0444. The third kappa shape index (κ3) is 5.34. The van der Waals surface area contributed by atoms with Gasteiger partial charge in [0.25, 0.3) is 11.8 Å². The number of carbonyl (C=O) groups is 3. The van der Waals surface area contributed by atoms with Gasteiger partial charge in [0.15, 0.2) is 0 Å². The molecule has 2 aromatic carbocycles. The van der Waals surface area contributed by atoms with E-state index < -0.39 is 34.0 Å². The number of anilines is 1. The maximum absolute atomic E-state index is 13.3. The predicted molar refractivity (Wildman–Crippen MR) is 182 cm³/mol. The van der Waals surface area contributed by atoms with Crippen molar-refractivity contribution in [3.05, 3.63) is 75.8 Å². The van der Waals surface area contributed by atoms with Crippen molar-refractivity contribution in [1.29, 1.82) is 0 Å². The molecule has 0 radical (unpaired) electrons. The standard InChI is InChI=1S/C37H42BrN3O7/c1-34-12-9-29-30(37(34,47)15-11-28(34)24-18-31(43)48-20-24)10-14-36(46)19-27(42)8-13-35(29,36)21-39-41-33(45)23-5-3-7-26(17-23)40-32(44)22-4-2-6-25(38)16-22/h2-7,16-18,21,27-30,42,46-47H,8-15,19-20H2,1H3,(H,40,44)(H,41,45)/b39-21+/t27-,28+,29+,30-,34-,35+,36+,37-/m1/s1. The van der Waals surface area contributed by atoms with Crippen LogP contribution in [0.5, 0.6) is 0 Å². The molecule has 0 spiro atoms. The summed E-state index contributed by atoms with van der Waals surface area (Å²) < 4.78 is 6.03. The number of hydrogen-bond acceptors (Lipinski definition) is 8. The number of hydrogen-bond donors (Lipinski definition) is 5. The molecule has 0 bridgehead atoms. The monoisotopic (exact) mass is 719 g/mol. The summed E-state index contributed by atoms with van der Waals surface area (Å²) in [5.74, 6) is -1.30. The Bertz CT molecular complexity index is 1710. The molecule has 4 saturated carbocycles. The lowest BCUT2D eigenvalue weighted by molar-refractivity contribution is -0.237. The summed E-state index contributed by atoms with van der Waals surface area (Å²) in [5, 5.41) is 42.8. The van der Waals surface area contributed by atoms with Crippen molar-refractivity contribution in [1.82, 2.24) is 5.43 Å². The Kier molecular flexibility index (Phi) is 8.41. The molecule has 0 saturated heterocycles. The second-order valence-electron chi connectivity index (χ2n) is 14.8. The summed E-state index contributed by atoms with van der Waals surface area (Å²) in [6.07, 6.45) is 7.64. The smallest absolute Gasteiger partial charge is 0.331 e. The van der Waals surface area contributed by atoms with E-state index in [1.165, 1.54) is 0 Å². The van der Waals surface area contributed by atoms with Gasteiger partial charge < -0.3 is 25.4 Å². The Morgan fingerprint density at radius 1 is 0.958 bits per heavy atom. The number of esters is 1. The van der Waals surface area contributed by atoms with Crippen LogP contribution in [0.25, 0.3) is 0 Å². The van der Waals surface area contributed by atoms with E-state index in [-0.39, 0.29) is 42.7 Å². The number of nitrogens with zero attached hydrogens (tertiary/aromatic N) is 1. The Hall–Kier alpha value is -3.38. The van der Waals surface area contributed by atoms with Gasteiger partial charge in [-0.3, -0.25) is 9.59 Å². The van der Waals surface area contributed by atoms with Crippen LogP contribution in [-0.4, -0.2) is 63.2 Å². The zero-order valence-corrected chi connectivity index (χ0v) is 28.5. The SMILES string of the molecule is C[C@]12CC[C@H]3[C@@H](CC[C@]4(O)C[C@H](O)CC[C@]34/C=N/NC(=O)c3cccc(NC(=O)c4cccc(Br)c4)c3)[C@]1(O)CC[C@H]2C1=CC(=O)OC1. The van der Waals surface area contributed by atoms with Gasteiger partial charge in [0, 0.05) is 50.8 Å². The molecular weight excluding hydrogens is 678 g/mol. The van der Waals surface area contributed by atoms with Crippen LogP contribution in [-0.2, 0) is 9.53 Å². The van der Waals surface area contributed by atoms with Gasteiger partial charge in [-0.1, -0.05) is 35.0 Å². The van der Waals surface area contributed by atoms with E-state index in [1.807, 2.05) is 6.07 Å². The number of amides is 2. The molecule has 4 fully saturated rings. The molecule has 5 N–H and O–H groups in total. The van der Waals surface area contributed by atoms with E-state index in [0.29, 0.717) is 55.3 Å². The number of ether oxygens (including phenoxy) is 1. The number of benzene rings is 2. The highest BCUT2D eigenvalue weighted by Gasteiger charge is 2.71. The van der Waals surface area contributed by atoms with Gasteiger partial charge in [0.05, 0.1) is 17.3 Å². The van der Waals surface area contributed by atoms with Gasteiger partial charge in [-0.15, -0.1) is 0 Å². The largest absolute Gasteiger partial charge is 0.458 e. The quantitative estimate of drug-likeness (QED) is 0.157. The highest BCUT2D eigenvalue weighted by Crippen LogP contribution is 2.70. The molecule has 5 aliphatic rings. The first-order valence-electron chi connectivity index (χ1n) is 16.9. The third-order valence-electron chi connectivity index (χ3n) is 12.6. The second kappa shape index (κ2) is 12.2. The average Bonchev–Trinajstić information content (AvgIpc) is 3.60. The molecule has 4 aliphatic carbocycles. The minimum atomic E-state index is -1.24. The molecule has 10 nitrogen and oxygen atoms in total. The summed E-state index contributed by atoms with van der Waals surface area (Å²) >= 11 is 3.38. The fraction of sp³-hybridized carbons (Fsp3) is 0.514. The van der Waals surface area contributed by atoms with E-state index in [4.69, 9.17) is 4.74 Å². The molecule has 0 aromatic heterocycles. The average molecular weight is 721 g/mol. The third-order valence-corrected chi connectivity index (χ3v) is 13.1. The van der Waals surface area contributed by atoms with Gasteiger partial charge in [0.2, 0.25) is 0 Å². The van der Waals surface area contributed by atoms with E-state index in [2.05, 4.69) is 38.7 Å². The number of rotatable bonds is 6. The van der Waals surface area contributed by atoms with Gasteiger partial charge in [-0.2, -0.15) is 5.10 Å². The van der Waals surface area contributed by atoms with Gasteiger partial charge in [-0.05, 0) is 111 Å². The molecule has 8 atom stereocenters. The fourth-order valence-electron chi connectivity index (χ4n) is 10.2. The van der Waals surface area contributed by atoms with E-state index in [9.17, 15) is 29.7 Å². The van der Waals surface area contributed by atoms with Crippen LogP contribution in [0.2, 0.25) is 0 Å². The molecule has 2 aromatic rings. The number of halogens is 1. The Labute approximate surface area is 288 Å². The Morgan fingerprint density at radius 2 is 1.71 bits per heavy atom. The van der Waals surface area contributed by atoms with E-state index in [1.54, 1.807) is 54.8 Å². The number of hydrazone groups is 1. The molecule has 0 unspecified atom stereocenters. The van der Waals surface area contributed by atoms with E-state index in [0.717, 1.165) is 22.9 Å². The molecule has 2 amide bonds. The highest BCUT2D eigenvalue weighted by molar-refractivity contribution is 9.10. The lowest BCUT2D eigenvalue weighted by atomic mass is 9.41. The molecule has 1 aliphatic heterocycles. The lowest BCUT2D eigenvalue weighted by Crippen LogP contribution is -2.68. The fourth-order valence-corrected chi connectivity index (χ4v) is 10.6. The lowest BCUT2D eigenvalue weighted by Gasteiger charge is -2.65.